The average molecular weight is 347 g/mol. The van der Waals surface area contributed by atoms with Crippen LogP contribution in [0.5, 0.6) is 5.75 Å². The molecule has 1 amide bonds. The van der Waals surface area contributed by atoms with Gasteiger partial charge in [0.05, 0.1) is 29.7 Å². The van der Waals surface area contributed by atoms with E-state index in [1.165, 1.54) is 42.3 Å². The van der Waals surface area contributed by atoms with Crippen LogP contribution in [0.4, 0.5) is 10.1 Å². The van der Waals surface area contributed by atoms with Gasteiger partial charge in [-0.15, -0.1) is 5.10 Å². The van der Waals surface area contributed by atoms with E-state index in [1.807, 2.05) is 0 Å². The summed E-state index contributed by atoms with van der Waals surface area (Å²) in [5, 5.41) is 10.7. The third-order valence-corrected chi connectivity index (χ3v) is 3.57. The number of aromatic nitrogens is 3. The Morgan fingerprint density at radius 1 is 1.25 bits per heavy atom. The van der Waals surface area contributed by atoms with E-state index in [0.29, 0.717) is 22.1 Å². The van der Waals surface area contributed by atoms with Crippen LogP contribution in [0.3, 0.4) is 0 Å². The van der Waals surface area contributed by atoms with Crippen molar-refractivity contribution in [2.45, 2.75) is 0 Å². The predicted molar refractivity (Wildman–Crippen MR) is 87.3 cm³/mol. The zero-order valence-corrected chi connectivity index (χ0v) is 13.3. The summed E-state index contributed by atoms with van der Waals surface area (Å²) in [5.74, 6) is -0.271. The lowest BCUT2D eigenvalue weighted by Gasteiger charge is -2.07. The van der Waals surface area contributed by atoms with Crippen LogP contribution < -0.4 is 10.1 Å². The van der Waals surface area contributed by atoms with Crippen molar-refractivity contribution in [1.82, 2.24) is 15.0 Å². The van der Waals surface area contributed by atoms with E-state index in [4.69, 9.17) is 16.3 Å². The molecule has 122 valence electrons. The molecule has 8 heteroatoms. The summed E-state index contributed by atoms with van der Waals surface area (Å²) < 4.78 is 19.4. The van der Waals surface area contributed by atoms with E-state index >= 15 is 0 Å². The molecule has 6 nitrogen and oxygen atoms in total. The highest BCUT2D eigenvalue weighted by atomic mass is 35.5. The van der Waals surface area contributed by atoms with Crippen molar-refractivity contribution in [3.05, 3.63) is 65.2 Å². The molecule has 0 bridgehead atoms. The molecule has 0 aliphatic carbocycles. The summed E-state index contributed by atoms with van der Waals surface area (Å²) in [6, 6.07) is 10.6. The van der Waals surface area contributed by atoms with Gasteiger partial charge in [0, 0.05) is 6.07 Å². The summed E-state index contributed by atoms with van der Waals surface area (Å²) >= 11 is 6.05. The van der Waals surface area contributed by atoms with Crippen LogP contribution in [-0.4, -0.2) is 28.0 Å². The minimum atomic E-state index is -0.474. The maximum atomic E-state index is 12.9. The summed E-state index contributed by atoms with van der Waals surface area (Å²) in [7, 11) is 1.52. The van der Waals surface area contributed by atoms with Crippen molar-refractivity contribution in [3.8, 4) is 11.4 Å². The van der Waals surface area contributed by atoms with Gasteiger partial charge in [-0.25, -0.2) is 9.07 Å². The predicted octanol–water partition coefficient (Wildman–Crippen LogP) is 3.32. The molecule has 0 spiro atoms. The smallest absolute Gasteiger partial charge is 0.277 e. The molecule has 0 aliphatic rings. The number of halogens is 2. The van der Waals surface area contributed by atoms with Crippen LogP contribution in [0.1, 0.15) is 10.5 Å². The van der Waals surface area contributed by atoms with Gasteiger partial charge >= 0.3 is 0 Å². The molecule has 24 heavy (non-hydrogen) atoms. The van der Waals surface area contributed by atoms with Crippen molar-refractivity contribution in [3.63, 3.8) is 0 Å². The Bertz CT molecular complexity index is 880. The average Bonchev–Trinajstić information content (AvgIpc) is 3.07. The van der Waals surface area contributed by atoms with Gasteiger partial charge in [-0.05, 0) is 36.4 Å². The Kier molecular flexibility index (Phi) is 4.43. The molecule has 3 rings (SSSR count). The quantitative estimate of drug-likeness (QED) is 0.786. The molecule has 3 aromatic rings. The zero-order valence-electron chi connectivity index (χ0n) is 12.5. The maximum absolute atomic E-state index is 12.9. The number of carbonyl (C=O) groups excluding carboxylic acids is 1. The highest BCUT2D eigenvalue weighted by molar-refractivity contribution is 6.34. The lowest BCUT2D eigenvalue weighted by molar-refractivity contribution is 0.102. The molecule has 0 fully saturated rings. The molecular weight excluding hydrogens is 335 g/mol. The Labute approximate surface area is 141 Å². The number of nitrogens with one attached hydrogen (secondary N) is 1. The van der Waals surface area contributed by atoms with Crippen LogP contribution in [0.2, 0.25) is 5.02 Å². The third kappa shape index (κ3) is 3.36. The second-order valence-corrected chi connectivity index (χ2v) is 5.23. The van der Waals surface area contributed by atoms with Gasteiger partial charge < -0.3 is 10.1 Å². The first-order valence-corrected chi connectivity index (χ1v) is 7.28. The van der Waals surface area contributed by atoms with Gasteiger partial charge in [0.15, 0.2) is 5.69 Å². The second-order valence-electron chi connectivity index (χ2n) is 4.82. The Balaban J connectivity index is 1.80. The van der Waals surface area contributed by atoms with E-state index in [2.05, 4.69) is 15.6 Å². The molecule has 0 radical (unpaired) electrons. The van der Waals surface area contributed by atoms with Crippen LogP contribution in [-0.2, 0) is 0 Å². The molecule has 2 aromatic carbocycles. The minimum Gasteiger partial charge on any atom is -0.497 e. The molecule has 1 heterocycles. The van der Waals surface area contributed by atoms with Crippen molar-refractivity contribution in [2.24, 2.45) is 0 Å². The van der Waals surface area contributed by atoms with Gasteiger partial charge in [0.25, 0.3) is 5.91 Å². The molecule has 0 saturated heterocycles. The van der Waals surface area contributed by atoms with Gasteiger partial charge in [-0.3, -0.25) is 4.79 Å². The highest BCUT2D eigenvalue weighted by Gasteiger charge is 2.14. The third-order valence-electron chi connectivity index (χ3n) is 3.24. The molecular formula is C16H12ClFN4O2. The number of hydrogen-bond donors (Lipinski definition) is 1. The maximum Gasteiger partial charge on any atom is 0.277 e. The van der Waals surface area contributed by atoms with Gasteiger partial charge in [0.2, 0.25) is 0 Å². The van der Waals surface area contributed by atoms with E-state index < -0.39 is 5.91 Å². The number of methoxy groups -OCH3 is 1. The molecule has 0 aliphatic heterocycles. The van der Waals surface area contributed by atoms with Crippen molar-refractivity contribution in [2.75, 3.05) is 12.4 Å². The fraction of sp³-hybridized carbons (Fsp3) is 0.0625. The van der Waals surface area contributed by atoms with Crippen molar-refractivity contribution >= 4 is 23.2 Å². The first-order valence-electron chi connectivity index (χ1n) is 6.90. The topological polar surface area (TPSA) is 69.0 Å². The summed E-state index contributed by atoms with van der Waals surface area (Å²) in [6.07, 6.45) is 1.44. The van der Waals surface area contributed by atoms with Crippen LogP contribution >= 0.6 is 11.6 Å². The molecule has 1 N–H and O–H groups in total. The number of nitrogens with zero attached hydrogens (tertiary/aromatic N) is 3. The summed E-state index contributed by atoms with van der Waals surface area (Å²) in [4.78, 5) is 12.3. The molecule has 1 aromatic heterocycles. The standard InChI is InChI=1S/C16H12ClFN4O2/c1-24-12-6-7-13(17)14(8-12)19-16(23)15-9-22(21-20-15)11-4-2-10(18)3-5-11/h2-9H,1H3,(H,19,23). The minimum absolute atomic E-state index is 0.0956. The molecule has 0 saturated carbocycles. The lowest BCUT2D eigenvalue weighted by atomic mass is 10.3. The monoisotopic (exact) mass is 346 g/mol. The molecule has 0 unspecified atom stereocenters. The Morgan fingerprint density at radius 3 is 2.71 bits per heavy atom. The van der Waals surface area contributed by atoms with Gasteiger partial charge in [-0.1, -0.05) is 16.8 Å². The van der Waals surface area contributed by atoms with Crippen molar-refractivity contribution < 1.29 is 13.9 Å². The van der Waals surface area contributed by atoms with Crippen LogP contribution in [0.25, 0.3) is 5.69 Å². The van der Waals surface area contributed by atoms with E-state index in [0.717, 1.165) is 0 Å². The van der Waals surface area contributed by atoms with E-state index in [1.54, 1.807) is 18.2 Å². The highest BCUT2D eigenvalue weighted by Crippen LogP contribution is 2.27. The second kappa shape index (κ2) is 6.67. The van der Waals surface area contributed by atoms with Gasteiger partial charge in [-0.2, -0.15) is 0 Å². The first-order chi connectivity index (χ1) is 11.6. The Morgan fingerprint density at radius 2 is 2.00 bits per heavy atom. The number of ether oxygens (including phenoxy) is 1. The Hall–Kier alpha value is -2.93. The normalized spacial score (nSPS) is 10.5. The zero-order chi connectivity index (χ0) is 17.1. The lowest BCUT2D eigenvalue weighted by Crippen LogP contribution is -2.12. The summed E-state index contributed by atoms with van der Waals surface area (Å²) in [5.41, 5.74) is 1.08. The number of benzene rings is 2. The van der Waals surface area contributed by atoms with Crippen molar-refractivity contribution in [1.29, 1.82) is 0 Å². The fourth-order valence-electron chi connectivity index (χ4n) is 2.00. The fourth-order valence-corrected chi connectivity index (χ4v) is 2.17. The van der Waals surface area contributed by atoms with Gasteiger partial charge in [0.1, 0.15) is 11.6 Å². The SMILES string of the molecule is COc1ccc(Cl)c(NC(=O)c2cn(-c3ccc(F)cc3)nn2)c1. The van der Waals surface area contributed by atoms with Crippen LogP contribution in [0, 0.1) is 5.82 Å². The number of carbonyl (C=O) groups is 1. The number of rotatable bonds is 4. The number of amides is 1. The summed E-state index contributed by atoms with van der Waals surface area (Å²) in [6.45, 7) is 0. The number of hydrogen-bond acceptors (Lipinski definition) is 4. The molecule has 0 atom stereocenters. The largest absolute Gasteiger partial charge is 0.497 e. The first kappa shape index (κ1) is 15.9. The van der Waals surface area contributed by atoms with E-state index in [-0.39, 0.29) is 11.5 Å². The van der Waals surface area contributed by atoms with Crippen LogP contribution in [0.15, 0.2) is 48.7 Å². The number of anilines is 1. The van der Waals surface area contributed by atoms with E-state index in [9.17, 15) is 9.18 Å².